The van der Waals surface area contributed by atoms with Crippen molar-refractivity contribution < 1.29 is 4.79 Å². The van der Waals surface area contributed by atoms with Crippen LogP contribution in [-0.2, 0) is 11.3 Å². The zero-order valence-corrected chi connectivity index (χ0v) is 13.7. The van der Waals surface area contributed by atoms with Crippen molar-refractivity contribution in [2.45, 2.75) is 51.6 Å². The fourth-order valence-electron chi connectivity index (χ4n) is 3.97. The fraction of sp³-hybridized carbons (Fsp3) is 0.632. The molecule has 0 bridgehead atoms. The van der Waals surface area contributed by atoms with E-state index in [1.165, 1.54) is 24.8 Å². The van der Waals surface area contributed by atoms with Crippen molar-refractivity contribution in [3.05, 3.63) is 35.9 Å². The van der Waals surface area contributed by atoms with Crippen molar-refractivity contribution >= 4 is 5.91 Å². The minimum absolute atomic E-state index is 0.218. The van der Waals surface area contributed by atoms with E-state index in [0.717, 1.165) is 39.0 Å². The molecule has 0 radical (unpaired) electrons. The zero-order chi connectivity index (χ0) is 15.4. The van der Waals surface area contributed by atoms with Crippen molar-refractivity contribution in [2.24, 2.45) is 5.92 Å². The summed E-state index contributed by atoms with van der Waals surface area (Å²) in [6.07, 6.45) is 5.79. The van der Waals surface area contributed by atoms with Crippen LogP contribution < -0.4 is 0 Å². The number of carbonyl (C=O) groups is 1. The third-order valence-electron chi connectivity index (χ3n) is 5.25. The topological polar surface area (TPSA) is 23.6 Å². The number of piperidine rings is 1. The average Bonchev–Trinajstić information content (AvgIpc) is 3.03. The first-order chi connectivity index (χ1) is 10.8. The third-order valence-corrected chi connectivity index (χ3v) is 5.25. The number of nitrogens with zero attached hydrogens (tertiary/aromatic N) is 2. The van der Waals surface area contributed by atoms with Crippen LogP contribution >= 0.6 is 0 Å². The summed E-state index contributed by atoms with van der Waals surface area (Å²) in [5.41, 5.74) is 1.35. The molecule has 0 spiro atoms. The van der Waals surface area contributed by atoms with Crippen LogP contribution in [0, 0.1) is 5.92 Å². The highest BCUT2D eigenvalue weighted by atomic mass is 16.2. The Morgan fingerprint density at radius 3 is 2.73 bits per heavy atom. The molecule has 1 aromatic carbocycles. The predicted molar refractivity (Wildman–Crippen MR) is 89.5 cm³/mol. The minimum Gasteiger partial charge on any atom is -0.339 e. The Labute approximate surface area is 134 Å². The smallest absolute Gasteiger partial charge is 0.227 e. The van der Waals surface area contributed by atoms with Gasteiger partial charge >= 0.3 is 0 Å². The van der Waals surface area contributed by atoms with E-state index in [4.69, 9.17) is 0 Å². The Balaban J connectivity index is 1.56. The molecule has 3 rings (SSSR count). The van der Waals surface area contributed by atoms with Crippen LogP contribution in [-0.4, -0.2) is 41.4 Å². The molecule has 2 aliphatic rings. The highest BCUT2D eigenvalue weighted by Crippen LogP contribution is 2.26. The molecule has 1 amide bonds. The minimum atomic E-state index is 0.218. The standard InChI is InChI=1S/C19H28N2O/c1-2-18-10-6-7-12-21(18)19(22)17-11-13-20(15-17)14-16-8-4-3-5-9-16/h3-5,8-9,17-18H,2,6-7,10-15H2,1H3. The Hall–Kier alpha value is -1.35. The SMILES string of the molecule is CCC1CCCCN1C(=O)C1CCN(Cc2ccccc2)C1. The van der Waals surface area contributed by atoms with Crippen LogP contribution in [0.5, 0.6) is 0 Å². The highest BCUT2D eigenvalue weighted by Gasteiger charge is 2.34. The van der Waals surface area contributed by atoms with Gasteiger partial charge in [0.15, 0.2) is 0 Å². The summed E-state index contributed by atoms with van der Waals surface area (Å²) in [6, 6.07) is 11.1. The van der Waals surface area contributed by atoms with Crippen molar-refractivity contribution in [3.8, 4) is 0 Å². The van der Waals surface area contributed by atoms with E-state index < -0.39 is 0 Å². The third kappa shape index (κ3) is 3.52. The number of likely N-dealkylation sites (tertiary alicyclic amines) is 2. The van der Waals surface area contributed by atoms with Crippen LogP contribution in [0.2, 0.25) is 0 Å². The van der Waals surface area contributed by atoms with Gasteiger partial charge < -0.3 is 4.90 Å². The van der Waals surface area contributed by atoms with Gasteiger partial charge in [0, 0.05) is 25.7 Å². The molecule has 0 aliphatic carbocycles. The number of hydrogen-bond donors (Lipinski definition) is 0. The summed E-state index contributed by atoms with van der Waals surface area (Å²) in [6.45, 7) is 6.15. The first-order valence-corrected chi connectivity index (χ1v) is 8.84. The molecule has 22 heavy (non-hydrogen) atoms. The van der Waals surface area contributed by atoms with Crippen molar-refractivity contribution in [2.75, 3.05) is 19.6 Å². The second-order valence-electron chi connectivity index (χ2n) is 6.80. The van der Waals surface area contributed by atoms with Crippen LogP contribution in [0.4, 0.5) is 0 Å². The van der Waals surface area contributed by atoms with Gasteiger partial charge in [0.2, 0.25) is 5.91 Å². The molecule has 0 saturated carbocycles. The van der Waals surface area contributed by atoms with E-state index in [0.29, 0.717) is 11.9 Å². The van der Waals surface area contributed by atoms with E-state index in [1.54, 1.807) is 0 Å². The van der Waals surface area contributed by atoms with Gasteiger partial charge in [-0.05, 0) is 44.2 Å². The number of hydrogen-bond acceptors (Lipinski definition) is 2. The second-order valence-corrected chi connectivity index (χ2v) is 6.80. The van der Waals surface area contributed by atoms with Crippen LogP contribution in [0.25, 0.3) is 0 Å². The van der Waals surface area contributed by atoms with Gasteiger partial charge in [-0.3, -0.25) is 9.69 Å². The lowest BCUT2D eigenvalue weighted by Crippen LogP contribution is -2.46. The van der Waals surface area contributed by atoms with Gasteiger partial charge in [0.1, 0.15) is 0 Å². The average molecular weight is 300 g/mol. The van der Waals surface area contributed by atoms with E-state index >= 15 is 0 Å². The van der Waals surface area contributed by atoms with Gasteiger partial charge in [-0.15, -0.1) is 0 Å². The van der Waals surface area contributed by atoms with E-state index in [-0.39, 0.29) is 5.92 Å². The summed E-state index contributed by atoms with van der Waals surface area (Å²) in [7, 11) is 0. The monoisotopic (exact) mass is 300 g/mol. The van der Waals surface area contributed by atoms with Crippen molar-refractivity contribution in [1.82, 2.24) is 9.80 Å². The summed E-state index contributed by atoms with van der Waals surface area (Å²) < 4.78 is 0. The van der Waals surface area contributed by atoms with Crippen LogP contribution in [0.1, 0.15) is 44.6 Å². The van der Waals surface area contributed by atoms with Crippen LogP contribution in [0.3, 0.4) is 0 Å². The van der Waals surface area contributed by atoms with E-state index in [9.17, 15) is 4.79 Å². The Morgan fingerprint density at radius 1 is 1.14 bits per heavy atom. The number of amides is 1. The largest absolute Gasteiger partial charge is 0.339 e. The molecule has 3 heteroatoms. The fourth-order valence-corrected chi connectivity index (χ4v) is 3.97. The van der Waals surface area contributed by atoms with Gasteiger partial charge in [0.05, 0.1) is 5.92 Å². The predicted octanol–water partition coefficient (Wildman–Crippen LogP) is 3.30. The molecule has 2 atom stereocenters. The maximum atomic E-state index is 12.9. The molecular weight excluding hydrogens is 272 g/mol. The highest BCUT2D eigenvalue weighted by molar-refractivity contribution is 5.79. The number of rotatable bonds is 4. The Kier molecular flexibility index (Phi) is 5.14. The molecule has 2 aliphatic heterocycles. The zero-order valence-electron chi connectivity index (χ0n) is 13.7. The normalized spacial score (nSPS) is 26.3. The first kappa shape index (κ1) is 15.5. The molecule has 3 nitrogen and oxygen atoms in total. The van der Waals surface area contributed by atoms with E-state index in [2.05, 4.69) is 47.1 Å². The molecular formula is C19H28N2O. The molecule has 2 saturated heterocycles. The molecule has 2 fully saturated rings. The van der Waals surface area contributed by atoms with Gasteiger partial charge in [-0.25, -0.2) is 0 Å². The lowest BCUT2D eigenvalue weighted by atomic mass is 9.97. The number of benzene rings is 1. The second kappa shape index (κ2) is 7.28. The molecule has 1 aromatic rings. The quantitative estimate of drug-likeness (QED) is 0.852. The first-order valence-electron chi connectivity index (χ1n) is 8.84. The number of carbonyl (C=O) groups excluding carboxylic acids is 1. The lowest BCUT2D eigenvalue weighted by molar-refractivity contribution is -0.139. The van der Waals surface area contributed by atoms with Crippen molar-refractivity contribution in [1.29, 1.82) is 0 Å². The van der Waals surface area contributed by atoms with Gasteiger partial charge in [-0.2, -0.15) is 0 Å². The molecule has 0 aromatic heterocycles. The van der Waals surface area contributed by atoms with E-state index in [1.807, 2.05) is 0 Å². The summed E-state index contributed by atoms with van der Waals surface area (Å²) >= 11 is 0. The molecule has 2 unspecified atom stereocenters. The molecule has 2 heterocycles. The Bertz CT molecular complexity index is 487. The summed E-state index contributed by atoms with van der Waals surface area (Å²) in [4.78, 5) is 17.5. The summed E-state index contributed by atoms with van der Waals surface area (Å²) in [5, 5.41) is 0. The van der Waals surface area contributed by atoms with Gasteiger partial charge in [-0.1, -0.05) is 37.3 Å². The molecule has 120 valence electrons. The van der Waals surface area contributed by atoms with Gasteiger partial charge in [0.25, 0.3) is 0 Å². The Morgan fingerprint density at radius 2 is 1.95 bits per heavy atom. The van der Waals surface area contributed by atoms with Crippen molar-refractivity contribution in [3.63, 3.8) is 0 Å². The lowest BCUT2D eigenvalue weighted by Gasteiger charge is -2.37. The maximum absolute atomic E-state index is 12.9. The molecule has 0 N–H and O–H groups in total. The van der Waals surface area contributed by atoms with Crippen LogP contribution in [0.15, 0.2) is 30.3 Å². The maximum Gasteiger partial charge on any atom is 0.227 e. The summed E-state index contributed by atoms with van der Waals surface area (Å²) in [5.74, 6) is 0.637.